The van der Waals surface area contributed by atoms with Crippen LogP contribution in [0.1, 0.15) is 0 Å². The first-order valence-corrected chi connectivity index (χ1v) is 16.4. The number of fused-ring (bicyclic) bond motifs is 3. The van der Waals surface area contributed by atoms with E-state index >= 15 is 0 Å². The van der Waals surface area contributed by atoms with E-state index in [1.165, 1.54) is 11.1 Å². The van der Waals surface area contributed by atoms with E-state index in [9.17, 15) is 0 Å². The molecule has 0 bridgehead atoms. The Bertz CT molecular complexity index is 2460. The van der Waals surface area contributed by atoms with Gasteiger partial charge in [-0.05, 0) is 63.7 Å². The van der Waals surface area contributed by atoms with Gasteiger partial charge in [-0.1, -0.05) is 146 Å². The summed E-state index contributed by atoms with van der Waals surface area (Å²) in [4.78, 5) is 14.9. The fourth-order valence-corrected chi connectivity index (χ4v) is 6.57. The van der Waals surface area contributed by atoms with Crippen LogP contribution >= 0.6 is 0 Å². The van der Waals surface area contributed by atoms with Crippen LogP contribution in [-0.2, 0) is 0 Å². The Hall–Kier alpha value is -6.65. The van der Waals surface area contributed by atoms with Gasteiger partial charge in [0.15, 0.2) is 17.5 Å². The largest absolute Gasteiger partial charge is 0.455 e. The monoisotopic (exact) mass is 627 g/mol. The van der Waals surface area contributed by atoms with Crippen molar-refractivity contribution in [3.8, 4) is 67.5 Å². The molecule has 2 heterocycles. The van der Waals surface area contributed by atoms with Crippen LogP contribution < -0.4 is 0 Å². The van der Waals surface area contributed by atoms with Gasteiger partial charge in [0.2, 0.25) is 0 Å². The Labute approximate surface area is 284 Å². The van der Waals surface area contributed by atoms with Crippen LogP contribution in [-0.4, -0.2) is 15.0 Å². The van der Waals surface area contributed by atoms with Gasteiger partial charge in [-0.3, -0.25) is 0 Å². The lowest BCUT2D eigenvalue weighted by Crippen LogP contribution is -2.00. The van der Waals surface area contributed by atoms with Crippen LogP contribution in [0.2, 0.25) is 0 Å². The van der Waals surface area contributed by atoms with E-state index in [-0.39, 0.29) is 0 Å². The second-order valence-electron chi connectivity index (χ2n) is 12.0. The van der Waals surface area contributed by atoms with Crippen molar-refractivity contribution in [1.29, 1.82) is 0 Å². The maximum Gasteiger partial charge on any atom is 0.167 e. The minimum Gasteiger partial charge on any atom is -0.455 e. The molecule has 0 atom stereocenters. The van der Waals surface area contributed by atoms with Crippen LogP contribution in [0, 0.1) is 0 Å². The van der Waals surface area contributed by atoms with Crippen molar-refractivity contribution in [2.45, 2.75) is 0 Å². The quantitative estimate of drug-likeness (QED) is 0.184. The van der Waals surface area contributed by atoms with Gasteiger partial charge >= 0.3 is 0 Å². The van der Waals surface area contributed by atoms with E-state index in [4.69, 9.17) is 19.4 Å². The van der Waals surface area contributed by atoms with Crippen LogP contribution in [0.5, 0.6) is 0 Å². The Morgan fingerprint density at radius 3 is 1.33 bits per heavy atom. The van der Waals surface area contributed by atoms with Crippen molar-refractivity contribution in [3.05, 3.63) is 176 Å². The molecule has 0 spiro atoms. The standard InChI is InChI=1S/C45H29N3O/c1-5-15-30(16-6-1)34-27-35(31-17-7-2-8-18-31)29-36(28-34)37-23-14-26-40-41(37)38-24-13-25-39(42(38)49-40)45-47-43(32-19-9-3-10-20-32)46-44(48-45)33-21-11-4-12-22-33/h1-29H. The summed E-state index contributed by atoms with van der Waals surface area (Å²) in [7, 11) is 0. The first-order valence-electron chi connectivity index (χ1n) is 16.4. The van der Waals surface area contributed by atoms with Gasteiger partial charge in [0.05, 0.1) is 5.56 Å². The Morgan fingerprint density at radius 1 is 0.327 bits per heavy atom. The average molecular weight is 628 g/mol. The zero-order valence-corrected chi connectivity index (χ0v) is 26.5. The molecule has 4 nitrogen and oxygen atoms in total. The van der Waals surface area contributed by atoms with Gasteiger partial charge in [-0.2, -0.15) is 0 Å². The summed E-state index contributed by atoms with van der Waals surface area (Å²) < 4.78 is 6.72. The third kappa shape index (κ3) is 5.35. The lowest BCUT2D eigenvalue weighted by Gasteiger charge is -2.12. The molecule has 49 heavy (non-hydrogen) atoms. The minimum absolute atomic E-state index is 0.566. The summed E-state index contributed by atoms with van der Waals surface area (Å²) in [5, 5.41) is 2.07. The molecule has 0 fully saturated rings. The van der Waals surface area contributed by atoms with Gasteiger partial charge < -0.3 is 4.42 Å². The number of rotatable bonds is 6. The molecule has 0 aliphatic heterocycles. The van der Waals surface area contributed by atoms with Crippen molar-refractivity contribution in [3.63, 3.8) is 0 Å². The van der Waals surface area contributed by atoms with Crippen molar-refractivity contribution >= 4 is 21.9 Å². The van der Waals surface area contributed by atoms with E-state index in [2.05, 4.69) is 103 Å². The lowest BCUT2D eigenvalue weighted by atomic mass is 9.91. The molecule has 230 valence electrons. The molecule has 2 aromatic heterocycles. The van der Waals surface area contributed by atoms with Gasteiger partial charge in [0.25, 0.3) is 0 Å². The topological polar surface area (TPSA) is 51.8 Å². The van der Waals surface area contributed by atoms with Crippen LogP contribution in [0.4, 0.5) is 0 Å². The summed E-state index contributed by atoms with van der Waals surface area (Å²) in [6.45, 7) is 0. The number of benzene rings is 7. The van der Waals surface area contributed by atoms with E-state index in [1.54, 1.807) is 0 Å². The summed E-state index contributed by atoms with van der Waals surface area (Å²) in [5.74, 6) is 1.80. The smallest absolute Gasteiger partial charge is 0.167 e. The predicted octanol–water partition coefficient (Wildman–Crippen LogP) is 11.8. The minimum atomic E-state index is 0.566. The third-order valence-electron chi connectivity index (χ3n) is 8.92. The first-order chi connectivity index (χ1) is 24.3. The third-order valence-corrected chi connectivity index (χ3v) is 8.92. The number of para-hydroxylation sites is 1. The highest BCUT2D eigenvalue weighted by Crippen LogP contribution is 2.42. The molecule has 0 radical (unpaired) electrons. The molecule has 0 unspecified atom stereocenters. The lowest BCUT2D eigenvalue weighted by molar-refractivity contribution is 0.669. The summed E-state index contributed by atoms with van der Waals surface area (Å²) in [6, 6.07) is 60.5. The molecule has 7 aromatic carbocycles. The highest BCUT2D eigenvalue weighted by Gasteiger charge is 2.20. The van der Waals surface area contributed by atoms with E-state index in [0.717, 1.165) is 60.9 Å². The number of hydrogen-bond donors (Lipinski definition) is 0. The second-order valence-corrected chi connectivity index (χ2v) is 12.0. The zero-order chi connectivity index (χ0) is 32.6. The Morgan fingerprint density at radius 2 is 0.776 bits per heavy atom. The molecule has 0 saturated carbocycles. The highest BCUT2D eigenvalue weighted by molar-refractivity contribution is 6.15. The molecule has 0 aliphatic rings. The molecule has 4 heteroatoms. The fraction of sp³-hybridized carbons (Fsp3) is 0. The summed E-state index contributed by atoms with van der Waals surface area (Å²) in [5.41, 5.74) is 11.1. The van der Waals surface area contributed by atoms with Crippen molar-refractivity contribution < 1.29 is 4.42 Å². The summed E-state index contributed by atoms with van der Waals surface area (Å²) >= 11 is 0. The Kier molecular flexibility index (Phi) is 7.10. The Balaban J connectivity index is 1.26. The van der Waals surface area contributed by atoms with E-state index < -0.39 is 0 Å². The number of hydrogen-bond acceptors (Lipinski definition) is 4. The van der Waals surface area contributed by atoms with Crippen LogP contribution in [0.15, 0.2) is 180 Å². The van der Waals surface area contributed by atoms with Gasteiger partial charge in [0.1, 0.15) is 11.2 Å². The van der Waals surface area contributed by atoms with Crippen molar-refractivity contribution in [2.24, 2.45) is 0 Å². The van der Waals surface area contributed by atoms with E-state index in [1.807, 2.05) is 72.8 Å². The molecular weight excluding hydrogens is 599 g/mol. The average Bonchev–Trinajstić information content (AvgIpc) is 3.58. The number of furan rings is 1. The maximum absolute atomic E-state index is 6.72. The summed E-state index contributed by atoms with van der Waals surface area (Å²) in [6.07, 6.45) is 0. The van der Waals surface area contributed by atoms with Crippen molar-refractivity contribution in [1.82, 2.24) is 15.0 Å². The van der Waals surface area contributed by atoms with Crippen molar-refractivity contribution in [2.75, 3.05) is 0 Å². The SMILES string of the molecule is c1ccc(-c2cc(-c3ccccc3)cc(-c3cccc4oc5c(-c6nc(-c7ccccc7)nc(-c7ccccc7)n6)cccc5c34)c2)cc1. The second kappa shape index (κ2) is 12.2. The fourth-order valence-electron chi connectivity index (χ4n) is 6.57. The molecule has 0 aliphatic carbocycles. The van der Waals surface area contributed by atoms with Crippen LogP contribution in [0.3, 0.4) is 0 Å². The van der Waals surface area contributed by atoms with Crippen LogP contribution in [0.25, 0.3) is 89.5 Å². The zero-order valence-electron chi connectivity index (χ0n) is 26.5. The molecule has 0 N–H and O–H groups in total. The van der Waals surface area contributed by atoms with Gasteiger partial charge in [-0.25, -0.2) is 15.0 Å². The molecule has 0 saturated heterocycles. The van der Waals surface area contributed by atoms with Gasteiger partial charge in [0, 0.05) is 21.9 Å². The van der Waals surface area contributed by atoms with Gasteiger partial charge in [-0.15, -0.1) is 0 Å². The molecule has 9 rings (SSSR count). The number of nitrogens with zero attached hydrogens (tertiary/aromatic N) is 3. The highest BCUT2D eigenvalue weighted by atomic mass is 16.3. The molecule has 0 amide bonds. The number of aromatic nitrogens is 3. The molecule has 9 aromatic rings. The van der Waals surface area contributed by atoms with E-state index in [0.29, 0.717) is 17.5 Å². The first kappa shape index (κ1) is 28.6. The normalized spacial score (nSPS) is 11.3. The maximum atomic E-state index is 6.72. The predicted molar refractivity (Wildman–Crippen MR) is 200 cm³/mol. The molecular formula is C45H29N3O.